The van der Waals surface area contributed by atoms with Crippen molar-refractivity contribution in [2.24, 2.45) is 0 Å². The Morgan fingerprint density at radius 3 is 0.839 bits per heavy atom. The Labute approximate surface area is 193 Å². The molecule has 0 saturated carbocycles. The third-order valence-corrected chi connectivity index (χ3v) is 7.14. The Balaban J connectivity index is 1.35. The monoisotopic (exact) mass is 420 g/mol. The summed E-state index contributed by atoms with van der Waals surface area (Å²) in [4.78, 5) is 0. The number of hydrogen-bond donors (Lipinski definition) is 0. The van der Waals surface area contributed by atoms with Crippen LogP contribution in [0.3, 0.4) is 0 Å². The zero-order valence-corrected chi connectivity index (χ0v) is 21.1. The van der Waals surface area contributed by atoms with E-state index in [1.807, 2.05) is 0 Å². The van der Waals surface area contributed by atoms with Gasteiger partial charge in [-0.25, -0.2) is 0 Å². The van der Waals surface area contributed by atoms with E-state index in [1.54, 1.807) is 11.1 Å². The molecule has 0 fully saturated rings. The SMILES string of the molecule is Cc1cccc(C)c1CCCCCCCCCCCCCCCc1c(C)cccc1C. The van der Waals surface area contributed by atoms with E-state index in [-0.39, 0.29) is 0 Å². The second kappa shape index (κ2) is 15.3. The summed E-state index contributed by atoms with van der Waals surface area (Å²) in [5.41, 5.74) is 9.08. The van der Waals surface area contributed by atoms with Crippen molar-refractivity contribution in [2.45, 2.75) is 124 Å². The van der Waals surface area contributed by atoms with Gasteiger partial charge < -0.3 is 0 Å². The molecule has 31 heavy (non-hydrogen) atoms. The molecule has 2 rings (SSSR count). The van der Waals surface area contributed by atoms with Gasteiger partial charge in [-0.05, 0) is 86.8 Å². The smallest absolute Gasteiger partial charge is 0.0274 e. The van der Waals surface area contributed by atoms with Gasteiger partial charge >= 0.3 is 0 Å². The molecule has 2 aromatic carbocycles. The molecule has 2 aromatic rings. The highest BCUT2D eigenvalue weighted by atomic mass is 14.1. The number of benzene rings is 2. The molecule has 0 aliphatic carbocycles. The minimum absolute atomic E-state index is 1.27. The fourth-order valence-corrected chi connectivity index (χ4v) is 5.03. The Morgan fingerprint density at radius 2 is 0.581 bits per heavy atom. The maximum Gasteiger partial charge on any atom is -0.0274 e. The van der Waals surface area contributed by atoms with Gasteiger partial charge in [-0.3, -0.25) is 0 Å². The summed E-state index contributed by atoms with van der Waals surface area (Å²) in [6.07, 6.45) is 21.0. The van der Waals surface area contributed by atoms with E-state index in [4.69, 9.17) is 0 Å². The number of hydrogen-bond acceptors (Lipinski definition) is 0. The molecule has 0 N–H and O–H groups in total. The Hall–Kier alpha value is -1.56. The van der Waals surface area contributed by atoms with E-state index in [0.717, 1.165) is 0 Å². The van der Waals surface area contributed by atoms with E-state index in [0.29, 0.717) is 0 Å². The topological polar surface area (TPSA) is 0 Å². The van der Waals surface area contributed by atoms with E-state index < -0.39 is 0 Å². The van der Waals surface area contributed by atoms with Crippen molar-refractivity contribution in [1.29, 1.82) is 0 Å². The third kappa shape index (κ3) is 10.1. The lowest BCUT2D eigenvalue weighted by Crippen LogP contribution is -1.94. The molecule has 0 aliphatic heterocycles. The van der Waals surface area contributed by atoms with Gasteiger partial charge in [0.2, 0.25) is 0 Å². The summed E-state index contributed by atoms with van der Waals surface area (Å²) >= 11 is 0. The third-order valence-electron chi connectivity index (χ3n) is 7.14. The quantitative estimate of drug-likeness (QED) is 0.237. The van der Waals surface area contributed by atoms with Crippen molar-refractivity contribution < 1.29 is 0 Å². The first-order valence-electron chi connectivity index (χ1n) is 13.2. The van der Waals surface area contributed by atoms with Gasteiger partial charge in [0.25, 0.3) is 0 Å². The highest BCUT2D eigenvalue weighted by Gasteiger charge is 2.03. The zero-order chi connectivity index (χ0) is 22.3. The van der Waals surface area contributed by atoms with Crippen LogP contribution < -0.4 is 0 Å². The molecule has 0 aliphatic rings. The lowest BCUT2D eigenvalue weighted by atomic mass is 9.96. The van der Waals surface area contributed by atoms with E-state index in [1.165, 1.54) is 119 Å². The molecule has 0 heterocycles. The van der Waals surface area contributed by atoms with Crippen molar-refractivity contribution in [1.82, 2.24) is 0 Å². The molecule has 0 spiro atoms. The highest BCUT2D eigenvalue weighted by molar-refractivity contribution is 5.34. The molecule has 0 heteroatoms. The summed E-state index contributed by atoms with van der Waals surface area (Å²) in [5, 5.41) is 0. The van der Waals surface area contributed by atoms with E-state index in [9.17, 15) is 0 Å². The van der Waals surface area contributed by atoms with Crippen LogP contribution in [0, 0.1) is 27.7 Å². The van der Waals surface area contributed by atoms with Crippen LogP contribution in [0.25, 0.3) is 0 Å². The molecule has 0 radical (unpaired) electrons. The fraction of sp³-hybridized carbons (Fsp3) is 0.613. The zero-order valence-electron chi connectivity index (χ0n) is 21.1. The van der Waals surface area contributed by atoms with Gasteiger partial charge in [-0.15, -0.1) is 0 Å². The molecule has 0 aromatic heterocycles. The van der Waals surface area contributed by atoms with Gasteiger partial charge in [0.1, 0.15) is 0 Å². The predicted molar refractivity (Wildman–Crippen MR) is 139 cm³/mol. The highest BCUT2D eigenvalue weighted by Crippen LogP contribution is 2.19. The molecular formula is C31H48. The summed E-state index contributed by atoms with van der Waals surface area (Å²) in [5.74, 6) is 0. The van der Waals surface area contributed by atoms with Gasteiger partial charge in [0.15, 0.2) is 0 Å². The molecule has 0 amide bonds. The normalized spacial score (nSPS) is 11.2. The van der Waals surface area contributed by atoms with Crippen LogP contribution in [0.4, 0.5) is 0 Å². The van der Waals surface area contributed by atoms with Gasteiger partial charge in [-0.2, -0.15) is 0 Å². The molecule has 0 saturated heterocycles. The summed E-state index contributed by atoms with van der Waals surface area (Å²) < 4.78 is 0. The minimum atomic E-state index is 1.27. The molecule has 0 atom stereocenters. The van der Waals surface area contributed by atoms with Crippen LogP contribution in [-0.4, -0.2) is 0 Å². The van der Waals surface area contributed by atoms with Crippen LogP contribution in [0.5, 0.6) is 0 Å². The molecule has 0 unspecified atom stereocenters. The maximum absolute atomic E-state index is 2.26. The number of aryl methyl sites for hydroxylation is 4. The van der Waals surface area contributed by atoms with Crippen LogP contribution in [0.15, 0.2) is 36.4 Å². The predicted octanol–water partition coefficient (Wildman–Crippen LogP) is 9.78. The van der Waals surface area contributed by atoms with Crippen LogP contribution in [0.1, 0.15) is 117 Å². The molecule has 0 bridgehead atoms. The molecular weight excluding hydrogens is 372 g/mol. The van der Waals surface area contributed by atoms with Gasteiger partial charge in [-0.1, -0.05) is 107 Å². The maximum atomic E-state index is 2.26. The molecule has 0 nitrogen and oxygen atoms in total. The second-order valence-electron chi connectivity index (χ2n) is 9.84. The van der Waals surface area contributed by atoms with E-state index >= 15 is 0 Å². The number of unbranched alkanes of at least 4 members (excludes halogenated alkanes) is 12. The van der Waals surface area contributed by atoms with Crippen molar-refractivity contribution in [3.05, 3.63) is 69.8 Å². The lowest BCUT2D eigenvalue weighted by molar-refractivity contribution is 0.536. The first kappa shape index (κ1) is 25.7. The van der Waals surface area contributed by atoms with Crippen molar-refractivity contribution in [2.75, 3.05) is 0 Å². The van der Waals surface area contributed by atoms with Crippen LogP contribution in [-0.2, 0) is 12.8 Å². The summed E-state index contributed by atoms with van der Waals surface area (Å²) in [7, 11) is 0. The number of rotatable bonds is 16. The second-order valence-corrected chi connectivity index (χ2v) is 9.84. The average Bonchev–Trinajstić information content (AvgIpc) is 2.74. The lowest BCUT2D eigenvalue weighted by Gasteiger charge is -2.09. The van der Waals surface area contributed by atoms with Crippen LogP contribution >= 0.6 is 0 Å². The standard InChI is InChI=1S/C31H48/c1-26-20-18-21-27(2)30(26)24-16-14-12-10-8-6-5-7-9-11-13-15-17-25-31-28(3)22-19-23-29(31)4/h18-23H,5-17,24-25H2,1-4H3. The Bertz CT molecular complexity index is 636. The molecule has 172 valence electrons. The Morgan fingerprint density at radius 1 is 0.355 bits per heavy atom. The van der Waals surface area contributed by atoms with E-state index in [2.05, 4.69) is 64.1 Å². The van der Waals surface area contributed by atoms with Crippen molar-refractivity contribution in [3.63, 3.8) is 0 Å². The van der Waals surface area contributed by atoms with Crippen molar-refractivity contribution >= 4 is 0 Å². The first-order valence-corrected chi connectivity index (χ1v) is 13.2. The van der Waals surface area contributed by atoms with Gasteiger partial charge in [0, 0.05) is 0 Å². The van der Waals surface area contributed by atoms with Crippen LogP contribution in [0.2, 0.25) is 0 Å². The average molecular weight is 421 g/mol. The first-order chi connectivity index (χ1) is 15.1. The fourth-order valence-electron chi connectivity index (χ4n) is 5.03. The van der Waals surface area contributed by atoms with Crippen molar-refractivity contribution in [3.8, 4) is 0 Å². The minimum Gasteiger partial charge on any atom is -0.0617 e. The summed E-state index contributed by atoms with van der Waals surface area (Å²) in [6.45, 7) is 9.03. The largest absolute Gasteiger partial charge is 0.0617 e. The Kier molecular flexibility index (Phi) is 12.7. The summed E-state index contributed by atoms with van der Waals surface area (Å²) in [6, 6.07) is 13.4. The van der Waals surface area contributed by atoms with Gasteiger partial charge in [0.05, 0.1) is 0 Å².